The average Bonchev–Trinajstić information content (AvgIpc) is 2.42. The number of halogens is 1. The molecule has 0 fully saturated rings. The van der Waals surface area contributed by atoms with Crippen LogP contribution in [0.2, 0.25) is 0 Å². The van der Waals surface area contributed by atoms with Crippen molar-refractivity contribution in [3.8, 4) is 0 Å². The van der Waals surface area contributed by atoms with Crippen LogP contribution in [0.3, 0.4) is 0 Å². The molecule has 1 unspecified atom stereocenters. The van der Waals surface area contributed by atoms with E-state index in [1.807, 2.05) is 26.1 Å². The van der Waals surface area contributed by atoms with Gasteiger partial charge in [-0.3, -0.25) is 4.98 Å². The topological polar surface area (TPSA) is 24.9 Å². The van der Waals surface area contributed by atoms with E-state index in [2.05, 4.69) is 30.2 Å². The molecule has 2 aromatic rings. The fourth-order valence-electron chi connectivity index (χ4n) is 2.68. The third-order valence-electron chi connectivity index (χ3n) is 3.77. The van der Waals surface area contributed by atoms with Gasteiger partial charge in [0.2, 0.25) is 0 Å². The Morgan fingerprint density at radius 3 is 2.57 bits per heavy atom. The number of pyridine rings is 1. The second-order valence-electron chi connectivity index (χ2n) is 5.60. The third kappa shape index (κ3) is 3.88. The highest BCUT2D eigenvalue weighted by atomic mass is 19.1. The second-order valence-corrected chi connectivity index (χ2v) is 5.60. The average molecular weight is 286 g/mol. The molecule has 0 spiro atoms. The van der Waals surface area contributed by atoms with Gasteiger partial charge in [-0.25, -0.2) is 4.39 Å². The van der Waals surface area contributed by atoms with Crippen molar-refractivity contribution in [3.05, 3.63) is 64.2 Å². The van der Waals surface area contributed by atoms with Crippen LogP contribution in [0.5, 0.6) is 0 Å². The molecule has 1 aromatic carbocycles. The summed E-state index contributed by atoms with van der Waals surface area (Å²) in [6.07, 6.45) is 2.64. The van der Waals surface area contributed by atoms with E-state index in [-0.39, 0.29) is 11.9 Å². The third-order valence-corrected chi connectivity index (χ3v) is 3.77. The standard InChI is InChI=1S/C18H23FN2/c1-5-20-17(18-14(4)8-12(2)11-21-18)10-15-9-16(19)7-6-13(15)3/h6-9,11,17,20H,5,10H2,1-4H3. The lowest BCUT2D eigenvalue weighted by molar-refractivity contribution is 0.530. The lowest BCUT2D eigenvalue weighted by Gasteiger charge is -2.20. The van der Waals surface area contributed by atoms with Crippen molar-refractivity contribution in [1.82, 2.24) is 10.3 Å². The van der Waals surface area contributed by atoms with E-state index in [9.17, 15) is 4.39 Å². The molecule has 2 rings (SSSR count). The number of hydrogen-bond acceptors (Lipinski definition) is 2. The molecule has 3 heteroatoms. The second kappa shape index (κ2) is 6.81. The van der Waals surface area contributed by atoms with Gasteiger partial charge in [-0.05, 0) is 68.1 Å². The Labute approximate surface area is 126 Å². The number of aryl methyl sites for hydroxylation is 3. The molecule has 112 valence electrons. The molecule has 2 nitrogen and oxygen atoms in total. The van der Waals surface area contributed by atoms with Gasteiger partial charge in [-0.15, -0.1) is 0 Å². The summed E-state index contributed by atoms with van der Waals surface area (Å²) in [5.74, 6) is -0.181. The Morgan fingerprint density at radius 2 is 1.90 bits per heavy atom. The molecule has 1 heterocycles. The number of nitrogens with zero attached hydrogens (tertiary/aromatic N) is 1. The zero-order chi connectivity index (χ0) is 15.4. The van der Waals surface area contributed by atoms with Gasteiger partial charge in [0, 0.05) is 6.20 Å². The van der Waals surface area contributed by atoms with Gasteiger partial charge in [0.15, 0.2) is 0 Å². The van der Waals surface area contributed by atoms with Crippen LogP contribution in [0.15, 0.2) is 30.5 Å². The molecule has 0 saturated heterocycles. The first-order valence-electron chi connectivity index (χ1n) is 7.42. The SMILES string of the molecule is CCNC(Cc1cc(F)ccc1C)c1ncc(C)cc1C. The fraction of sp³-hybridized carbons (Fsp3) is 0.389. The molecular weight excluding hydrogens is 263 g/mol. The highest BCUT2D eigenvalue weighted by Crippen LogP contribution is 2.22. The molecule has 0 radical (unpaired) electrons. The summed E-state index contributed by atoms with van der Waals surface area (Å²) >= 11 is 0. The Bertz CT molecular complexity index is 623. The molecule has 0 aliphatic heterocycles. The van der Waals surface area contributed by atoms with Crippen molar-refractivity contribution < 1.29 is 4.39 Å². The van der Waals surface area contributed by atoms with E-state index >= 15 is 0 Å². The number of nitrogens with one attached hydrogen (secondary N) is 1. The molecule has 1 N–H and O–H groups in total. The van der Waals surface area contributed by atoms with Gasteiger partial charge < -0.3 is 5.32 Å². The maximum absolute atomic E-state index is 13.5. The number of hydrogen-bond donors (Lipinski definition) is 1. The van der Waals surface area contributed by atoms with Crippen molar-refractivity contribution in [3.63, 3.8) is 0 Å². The van der Waals surface area contributed by atoms with Gasteiger partial charge in [-0.1, -0.05) is 19.1 Å². The van der Waals surface area contributed by atoms with Crippen LogP contribution in [0.1, 0.15) is 40.9 Å². The zero-order valence-electron chi connectivity index (χ0n) is 13.2. The van der Waals surface area contributed by atoms with E-state index in [0.29, 0.717) is 0 Å². The van der Waals surface area contributed by atoms with E-state index in [1.54, 1.807) is 6.07 Å². The van der Waals surface area contributed by atoms with Crippen LogP contribution in [-0.2, 0) is 6.42 Å². The lowest BCUT2D eigenvalue weighted by atomic mass is 9.96. The lowest BCUT2D eigenvalue weighted by Crippen LogP contribution is -2.25. The Morgan fingerprint density at radius 1 is 1.14 bits per heavy atom. The Hall–Kier alpha value is -1.74. The number of benzene rings is 1. The van der Waals surface area contributed by atoms with Crippen LogP contribution in [-0.4, -0.2) is 11.5 Å². The zero-order valence-corrected chi connectivity index (χ0v) is 13.2. The molecular formula is C18H23FN2. The molecule has 0 saturated carbocycles. The van der Waals surface area contributed by atoms with E-state index in [1.165, 1.54) is 11.6 Å². The van der Waals surface area contributed by atoms with E-state index < -0.39 is 0 Å². The van der Waals surface area contributed by atoms with Crippen molar-refractivity contribution in [2.45, 2.75) is 40.2 Å². The minimum atomic E-state index is -0.181. The van der Waals surface area contributed by atoms with Gasteiger partial charge in [0.25, 0.3) is 0 Å². The monoisotopic (exact) mass is 286 g/mol. The quantitative estimate of drug-likeness (QED) is 0.897. The Balaban J connectivity index is 2.32. The molecule has 0 amide bonds. The van der Waals surface area contributed by atoms with Gasteiger partial charge in [-0.2, -0.15) is 0 Å². The van der Waals surface area contributed by atoms with Crippen molar-refractivity contribution in [2.75, 3.05) is 6.54 Å². The predicted octanol–water partition coefficient (Wildman–Crippen LogP) is 4.04. The molecule has 21 heavy (non-hydrogen) atoms. The van der Waals surface area contributed by atoms with Crippen LogP contribution in [0.4, 0.5) is 4.39 Å². The van der Waals surface area contributed by atoms with Gasteiger partial charge in [0.05, 0.1) is 11.7 Å². The van der Waals surface area contributed by atoms with Crippen molar-refractivity contribution in [1.29, 1.82) is 0 Å². The normalized spacial score (nSPS) is 12.4. The van der Waals surface area contributed by atoms with Crippen LogP contribution >= 0.6 is 0 Å². The summed E-state index contributed by atoms with van der Waals surface area (Å²) in [4.78, 5) is 4.59. The van der Waals surface area contributed by atoms with Gasteiger partial charge in [0.1, 0.15) is 5.82 Å². The summed E-state index contributed by atoms with van der Waals surface area (Å²) < 4.78 is 13.5. The summed E-state index contributed by atoms with van der Waals surface area (Å²) in [5, 5.41) is 3.47. The number of aromatic nitrogens is 1. The number of rotatable bonds is 5. The van der Waals surface area contributed by atoms with Crippen LogP contribution < -0.4 is 5.32 Å². The highest BCUT2D eigenvalue weighted by molar-refractivity contribution is 5.31. The minimum Gasteiger partial charge on any atom is -0.309 e. The van der Waals surface area contributed by atoms with E-state index in [4.69, 9.17) is 0 Å². The van der Waals surface area contributed by atoms with Crippen molar-refractivity contribution in [2.24, 2.45) is 0 Å². The largest absolute Gasteiger partial charge is 0.309 e. The molecule has 1 atom stereocenters. The smallest absolute Gasteiger partial charge is 0.123 e. The highest BCUT2D eigenvalue weighted by Gasteiger charge is 2.16. The Kier molecular flexibility index (Phi) is 5.07. The first-order chi connectivity index (χ1) is 10.0. The first kappa shape index (κ1) is 15.6. The molecule has 0 aliphatic carbocycles. The number of likely N-dealkylation sites (N-methyl/N-ethyl adjacent to an activating group) is 1. The summed E-state index contributed by atoms with van der Waals surface area (Å²) in [6, 6.07) is 7.23. The molecule has 0 bridgehead atoms. The maximum Gasteiger partial charge on any atom is 0.123 e. The maximum atomic E-state index is 13.5. The first-order valence-corrected chi connectivity index (χ1v) is 7.42. The summed E-state index contributed by atoms with van der Waals surface area (Å²) in [6.45, 7) is 9.08. The van der Waals surface area contributed by atoms with Crippen molar-refractivity contribution >= 4 is 0 Å². The summed E-state index contributed by atoms with van der Waals surface area (Å²) in [7, 11) is 0. The van der Waals surface area contributed by atoms with Gasteiger partial charge >= 0.3 is 0 Å². The molecule has 0 aliphatic rings. The predicted molar refractivity (Wildman–Crippen MR) is 85.0 cm³/mol. The molecule has 1 aromatic heterocycles. The van der Waals surface area contributed by atoms with Crippen LogP contribution in [0, 0.1) is 26.6 Å². The minimum absolute atomic E-state index is 0.107. The van der Waals surface area contributed by atoms with Crippen LogP contribution in [0.25, 0.3) is 0 Å². The van der Waals surface area contributed by atoms with E-state index in [0.717, 1.165) is 35.3 Å². The fourth-order valence-corrected chi connectivity index (χ4v) is 2.68. The summed E-state index contributed by atoms with van der Waals surface area (Å²) in [5.41, 5.74) is 5.53.